The molecule has 0 aliphatic heterocycles. The van der Waals surface area contributed by atoms with Gasteiger partial charge in [-0.2, -0.15) is 0 Å². The molecule has 0 atom stereocenters. The number of hydrogen-bond donors (Lipinski definition) is 0. The Labute approximate surface area is 140 Å². The van der Waals surface area contributed by atoms with Crippen LogP contribution in [0.15, 0.2) is 54.6 Å². The zero-order chi connectivity index (χ0) is 16.0. The van der Waals surface area contributed by atoms with Crippen molar-refractivity contribution in [3.05, 3.63) is 65.7 Å². The summed E-state index contributed by atoms with van der Waals surface area (Å²) >= 11 is 1.87. The standard InChI is InChI=1S/C21H18OS/c1-13-12-17-15-8-5-7-11-19(15)23-21(17)20(14(13)2)16-9-4-6-10-18(16)22-3/h4-12H,1-3H3. The maximum Gasteiger partial charge on any atom is 0.126 e. The van der Waals surface area contributed by atoms with Gasteiger partial charge in [0.2, 0.25) is 0 Å². The molecular weight excluding hydrogens is 300 g/mol. The molecule has 4 aromatic rings. The molecule has 0 radical (unpaired) electrons. The predicted molar refractivity (Wildman–Crippen MR) is 101 cm³/mol. The van der Waals surface area contributed by atoms with Gasteiger partial charge in [-0.1, -0.05) is 36.4 Å². The van der Waals surface area contributed by atoms with Gasteiger partial charge in [0, 0.05) is 31.3 Å². The van der Waals surface area contributed by atoms with Crippen molar-refractivity contribution in [1.82, 2.24) is 0 Å². The summed E-state index contributed by atoms with van der Waals surface area (Å²) in [5.41, 5.74) is 5.13. The number of hydrogen-bond acceptors (Lipinski definition) is 2. The van der Waals surface area contributed by atoms with Crippen LogP contribution >= 0.6 is 11.3 Å². The molecule has 0 fully saturated rings. The van der Waals surface area contributed by atoms with E-state index in [1.165, 1.54) is 42.4 Å². The van der Waals surface area contributed by atoms with Crippen LogP contribution in [0.3, 0.4) is 0 Å². The third kappa shape index (κ3) is 2.13. The van der Waals surface area contributed by atoms with Crippen molar-refractivity contribution < 1.29 is 4.74 Å². The summed E-state index contributed by atoms with van der Waals surface area (Å²) in [5.74, 6) is 0.931. The fraction of sp³-hybridized carbons (Fsp3) is 0.143. The molecule has 0 aliphatic rings. The summed E-state index contributed by atoms with van der Waals surface area (Å²) < 4.78 is 8.31. The Morgan fingerprint density at radius 3 is 2.43 bits per heavy atom. The second-order valence-electron chi connectivity index (χ2n) is 5.87. The number of rotatable bonds is 2. The van der Waals surface area contributed by atoms with E-state index in [1.807, 2.05) is 23.5 Å². The van der Waals surface area contributed by atoms with Crippen molar-refractivity contribution >= 4 is 31.5 Å². The number of para-hydroxylation sites is 1. The number of methoxy groups -OCH3 is 1. The molecule has 114 valence electrons. The van der Waals surface area contributed by atoms with Crippen LogP contribution in [0.2, 0.25) is 0 Å². The molecule has 0 bridgehead atoms. The summed E-state index contributed by atoms with van der Waals surface area (Å²) in [6.07, 6.45) is 0. The Hall–Kier alpha value is -2.32. The number of benzene rings is 3. The molecule has 3 aromatic carbocycles. The lowest BCUT2D eigenvalue weighted by Crippen LogP contribution is -1.92. The molecule has 0 aliphatic carbocycles. The summed E-state index contributed by atoms with van der Waals surface area (Å²) in [5, 5.41) is 2.68. The minimum atomic E-state index is 0.931. The number of aryl methyl sites for hydroxylation is 1. The average molecular weight is 318 g/mol. The van der Waals surface area contributed by atoms with Crippen LogP contribution in [0, 0.1) is 13.8 Å². The molecule has 0 saturated heterocycles. The van der Waals surface area contributed by atoms with Gasteiger partial charge in [-0.3, -0.25) is 0 Å². The maximum atomic E-state index is 5.62. The van der Waals surface area contributed by atoms with Crippen molar-refractivity contribution in [2.45, 2.75) is 13.8 Å². The molecule has 0 unspecified atom stereocenters. The molecule has 1 heterocycles. The molecule has 1 nitrogen and oxygen atoms in total. The highest BCUT2D eigenvalue weighted by Crippen LogP contribution is 2.44. The Morgan fingerprint density at radius 1 is 0.870 bits per heavy atom. The first-order valence-corrected chi connectivity index (χ1v) is 8.57. The molecule has 23 heavy (non-hydrogen) atoms. The van der Waals surface area contributed by atoms with Gasteiger partial charge in [-0.05, 0) is 43.2 Å². The largest absolute Gasteiger partial charge is 0.496 e. The quantitative estimate of drug-likeness (QED) is 0.418. The van der Waals surface area contributed by atoms with Crippen LogP contribution in [0.4, 0.5) is 0 Å². The summed E-state index contributed by atoms with van der Waals surface area (Å²) in [7, 11) is 1.74. The first-order valence-electron chi connectivity index (χ1n) is 7.75. The molecule has 2 heteroatoms. The molecule has 0 N–H and O–H groups in total. The van der Waals surface area contributed by atoms with Gasteiger partial charge in [0.05, 0.1) is 7.11 Å². The lowest BCUT2D eigenvalue weighted by Gasteiger charge is -2.14. The van der Waals surface area contributed by atoms with Crippen LogP contribution in [-0.2, 0) is 0 Å². The van der Waals surface area contributed by atoms with Gasteiger partial charge in [-0.25, -0.2) is 0 Å². The molecule has 0 amide bonds. The predicted octanol–water partition coefficient (Wildman–Crippen LogP) is 6.35. The van der Waals surface area contributed by atoms with Crippen LogP contribution < -0.4 is 4.74 Å². The van der Waals surface area contributed by atoms with Crippen molar-refractivity contribution in [1.29, 1.82) is 0 Å². The van der Waals surface area contributed by atoms with Crippen molar-refractivity contribution in [3.8, 4) is 16.9 Å². The van der Waals surface area contributed by atoms with E-state index in [0.29, 0.717) is 0 Å². The average Bonchev–Trinajstić information content (AvgIpc) is 2.94. The van der Waals surface area contributed by atoms with E-state index in [2.05, 4.69) is 56.3 Å². The second-order valence-corrected chi connectivity index (χ2v) is 6.92. The monoisotopic (exact) mass is 318 g/mol. The van der Waals surface area contributed by atoms with Gasteiger partial charge in [0.1, 0.15) is 5.75 Å². The molecule has 4 rings (SSSR count). The molecule has 0 saturated carbocycles. The van der Waals surface area contributed by atoms with E-state index in [0.717, 1.165) is 5.75 Å². The topological polar surface area (TPSA) is 9.23 Å². The van der Waals surface area contributed by atoms with Gasteiger partial charge < -0.3 is 4.74 Å². The molecule has 0 spiro atoms. The Bertz CT molecular complexity index is 1030. The Balaban J connectivity index is 2.19. The van der Waals surface area contributed by atoms with Crippen molar-refractivity contribution in [3.63, 3.8) is 0 Å². The van der Waals surface area contributed by atoms with Crippen LogP contribution in [0.1, 0.15) is 11.1 Å². The minimum absolute atomic E-state index is 0.931. The maximum absolute atomic E-state index is 5.62. The number of thiophene rings is 1. The zero-order valence-corrected chi connectivity index (χ0v) is 14.3. The number of ether oxygens (including phenoxy) is 1. The van der Waals surface area contributed by atoms with Gasteiger partial charge in [-0.15, -0.1) is 11.3 Å². The van der Waals surface area contributed by atoms with Crippen molar-refractivity contribution in [2.24, 2.45) is 0 Å². The normalized spacial score (nSPS) is 11.3. The SMILES string of the molecule is COc1ccccc1-c1c(C)c(C)cc2c1sc1ccccc12. The molecule has 1 aromatic heterocycles. The first-order chi connectivity index (χ1) is 11.2. The summed E-state index contributed by atoms with van der Waals surface area (Å²) in [6.45, 7) is 4.40. The van der Waals surface area contributed by atoms with E-state index in [1.54, 1.807) is 7.11 Å². The van der Waals surface area contributed by atoms with E-state index in [4.69, 9.17) is 4.74 Å². The van der Waals surface area contributed by atoms with Gasteiger partial charge in [0.25, 0.3) is 0 Å². The molecular formula is C21H18OS. The van der Waals surface area contributed by atoms with Crippen LogP contribution in [0.5, 0.6) is 5.75 Å². The van der Waals surface area contributed by atoms with Crippen LogP contribution in [0.25, 0.3) is 31.3 Å². The minimum Gasteiger partial charge on any atom is -0.496 e. The Morgan fingerprint density at radius 2 is 1.61 bits per heavy atom. The Kier molecular flexibility index (Phi) is 3.35. The summed E-state index contributed by atoms with van der Waals surface area (Å²) in [6, 6.07) is 19.3. The van der Waals surface area contributed by atoms with Crippen LogP contribution in [-0.4, -0.2) is 7.11 Å². The van der Waals surface area contributed by atoms with Crippen molar-refractivity contribution in [2.75, 3.05) is 7.11 Å². The van der Waals surface area contributed by atoms with Gasteiger partial charge >= 0.3 is 0 Å². The fourth-order valence-electron chi connectivity index (χ4n) is 3.26. The lowest BCUT2D eigenvalue weighted by atomic mass is 9.94. The third-order valence-electron chi connectivity index (χ3n) is 4.56. The zero-order valence-electron chi connectivity index (χ0n) is 13.5. The lowest BCUT2D eigenvalue weighted by molar-refractivity contribution is 0.416. The second kappa shape index (κ2) is 5.39. The number of fused-ring (bicyclic) bond motifs is 3. The van der Waals surface area contributed by atoms with E-state index < -0.39 is 0 Å². The summed E-state index contributed by atoms with van der Waals surface area (Å²) in [4.78, 5) is 0. The highest BCUT2D eigenvalue weighted by atomic mass is 32.1. The third-order valence-corrected chi connectivity index (χ3v) is 5.77. The smallest absolute Gasteiger partial charge is 0.126 e. The highest BCUT2D eigenvalue weighted by Gasteiger charge is 2.17. The van der Waals surface area contributed by atoms with E-state index in [9.17, 15) is 0 Å². The van der Waals surface area contributed by atoms with E-state index in [-0.39, 0.29) is 0 Å². The highest BCUT2D eigenvalue weighted by molar-refractivity contribution is 7.26. The van der Waals surface area contributed by atoms with Gasteiger partial charge in [0.15, 0.2) is 0 Å². The van der Waals surface area contributed by atoms with E-state index >= 15 is 0 Å². The first kappa shape index (κ1) is 14.3. The fourth-order valence-corrected chi connectivity index (χ4v) is 4.56.